The van der Waals surface area contributed by atoms with Gasteiger partial charge in [-0.15, -0.1) is 0 Å². The Hall–Kier alpha value is -2.67. The Morgan fingerprint density at radius 2 is 2.33 bits per heavy atom. The monoisotopic (exact) mass is 310 g/mol. The van der Waals surface area contributed by atoms with Crippen molar-refractivity contribution in [1.82, 2.24) is 10.3 Å². The molecule has 1 aromatic heterocycles. The summed E-state index contributed by atoms with van der Waals surface area (Å²) >= 11 is 0.784. The van der Waals surface area contributed by atoms with Crippen LogP contribution >= 0.6 is 11.8 Å². The highest BCUT2D eigenvalue weighted by Gasteiger charge is 2.25. The summed E-state index contributed by atoms with van der Waals surface area (Å²) in [5.74, 6) is -1.95. The molecule has 0 saturated carbocycles. The number of nitrogens with one attached hydrogen (secondary N) is 1. The van der Waals surface area contributed by atoms with E-state index < -0.39 is 28.5 Å². The van der Waals surface area contributed by atoms with Crippen molar-refractivity contribution in [3.05, 3.63) is 27.9 Å². The van der Waals surface area contributed by atoms with E-state index in [2.05, 4.69) is 10.3 Å². The topological polar surface area (TPSA) is 146 Å². The average molecular weight is 310 g/mol. The molecule has 0 saturated heterocycles. The lowest BCUT2D eigenvalue weighted by Crippen LogP contribution is -2.41. The Bertz CT molecular complexity index is 628. The van der Waals surface area contributed by atoms with Gasteiger partial charge in [0.15, 0.2) is 5.03 Å². The highest BCUT2D eigenvalue weighted by Crippen LogP contribution is 2.30. The molecule has 21 heavy (non-hydrogen) atoms. The van der Waals surface area contributed by atoms with Gasteiger partial charge in [0.25, 0.3) is 0 Å². The minimum absolute atomic E-state index is 0.0735. The van der Waals surface area contributed by atoms with Crippen molar-refractivity contribution in [2.75, 3.05) is 5.75 Å². The Morgan fingerprint density at radius 1 is 1.67 bits per heavy atom. The van der Waals surface area contributed by atoms with Gasteiger partial charge in [-0.1, -0.05) is 11.8 Å². The third kappa shape index (κ3) is 4.43. The van der Waals surface area contributed by atoms with Crippen LogP contribution in [0.2, 0.25) is 0 Å². The lowest BCUT2D eigenvalue weighted by Gasteiger charge is -2.12. The maximum Gasteiger partial charge on any atom is 0.327 e. The number of carbonyl (C=O) groups is 2. The van der Waals surface area contributed by atoms with Crippen molar-refractivity contribution in [1.29, 1.82) is 5.26 Å². The van der Waals surface area contributed by atoms with Crippen LogP contribution in [0.25, 0.3) is 0 Å². The van der Waals surface area contributed by atoms with Gasteiger partial charge < -0.3 is 10.4 Å². The Kier molecular flexibility index (Phi) is 5.62. The van der Waals surface area contributed by atoms with E-state index in [4.69, 9.17) is 10.4 Å². The van der Waals surface area contributed by atoms with Gasteiger partial charge in [-0.2, -0.15) is 5.26 Å². The van der Waals surface area contributed by atoms with Crippen LogP contribution in [0.1, 0.15) is 12.5 Å². The molecule has 1 heterocycles. The third-order valence-electron chi connectivity index (χ3n) is 2.26. The zero-order chi connectivity index (χ0) is 16.0. The predicted molar refractivity (Wildman–Crippen MR) is 71.6 cm³/mol. The number of carboxylic acid groups (broad SMARTS) is 1. The number of rotatable bonds is 6. The van der Waals surface area contributed by atoms with Crippen LogP contribution in [0.4, 0.5) is 5.69 Å². The van der Waals surface area contributed by atoms with E-state index in [0.717, 1.165) is 18.7 Å². The van der Waals surface area contributed by atoms with E-state index in [-0.39, 0.29) is 16.3 Å². The molecule has 10 heteroatoms. The number of nitrogens with zero attached hydrogens (tertiary/aromatic N) is 3. The summed E-state index contributed by atoms with van der Waals surface area (Å²) in [7, 11) is 0. The molecule has 1 unspecified atom stereocenters. The summed E-state index contributed by atoms with van der Waals surface area (Å²) in [6, 6.07) is 1.67. The number of nitriles is 1. The van der Waals surface area contributed by atoms with Gasteiger partial charge in [0, 0.05) is 18.9 Å². The number of nitro groups is 1. The molecule has 1 rings (SSSR count). The largest absolute Gasteiger partial charge is 0.480 e. The molecule has 2 N–H and O–H groups in total. The van der Waals surface area contributed by atoms with E-state index in [1.165, 1.54) is 12.3 Å². The molecular formula is C11H10N4O5S. The molecule has 1 amide bonds. The summed E-state index contributed by atoms with van der Waals surface area (Å²) in [6.45, 7) is 1.16. The molecule has 0 aliphatic carbocycles. The first-order valence-corrected chi connectivity index (χ1v) is 6.51. The van der Waals surface area contributed by atoms with E-state index in [0.29, 0.717) is 0 Å². The fraction of sp³-hybridized carbons (Fsp3) is 0.273. The fourth-order valence-electron chi connectivity index (χ4n) is 1.39. The molecule has 110 valence electrons. The van der Waals surface area contributed by atoms with Gasteiger partial charge in [-0.05, 0) is 6.07 Å². The molecule has 0 fully saturated rings. The average Bonchev–Trinajstić information content (AvgIpc) is 2.41. The zero-order valence-electron chi connectivity index (χ0n) is 10.8. The predicted octanol–water partition coefficient (Wildman–Crippen LogP) is 0.543. The normalized spacial score (nSPS) is 11.2. The van der Waals surface area contributed by atoms with Crippen molar-refractivity contribution in [3.8, 4) is 6.07 Å². The van der Waals surface area contributed by atoms with Gasteiger partial charge in [0.05, 0.1) is 4.92 Å². The van der Waals surface area contributed by atoms with Crippen molar-refractivity contribution in [2.45, 2.75) is 18.0 Å². The second-order valence-electron chi connectivity index (χ2n) is 3.78. The number of aliphatic carboxylic acids is 1. The van der Waals surface area contributed by atoms with Crippen molar-refractivity contribution in [3.63, 3.8) is 0 Å². The van der Waals surface area contributed by atoms with Crippen LogP contribution in [-0.2, 0) is 9.59 Å². The number of hydrogen-bond donors (Lipinski definition) is 2. The van der Waals surface area contributed by atoms with Crippen molar-refractivity contribution < 1.29 is 19.6 Å². The van der Waals surface area contributed by atoms with Gasteiger partial charge in [0.2, 0.25) is 5.91 Å². The Labute approximate surface area is 123 Å². The number of pyridine rings is 1. The molecule has 0 aliphatic heterocycles. The fourth-order valence-corrected chi connectivity index (χ4v) is 2.40. The van der Waals surface area contributed by atoms with Crippen LogP contribution in [0.15, 0.2) is 17.3 Å². The maximum atomic E-state index is 11.0. The van der Waals surface area contributed by atoms with E-state index >= 15 is 0 Å². The van der Waals surface area contributed by atoms with E-state index in [9.17, 15) is 19.7 Å². The minimum Gasteiger partial charge on any atom is -0.480 e. The summed E-state index contributed by atoms with van der Waals surface area (Å²) in [5.41, 5.74) is -0.638. The Balaban J connectivity index is 2.98. The molecule has 0 aliphatic rings. The van der Waals surface area contributed by atoms with Crippen molar-refractivity contribution >= 4 is 29.3 Å². The molecule has 0 aromatic carbocycles. The summed E-state index contributed by atoms with van der Waals surface area (Å²) < 4.78 is 0. The van der Waals surface area contributed by atoms with Gasteiger partial charge in [-0.3, -0.25) is 14.9 Å². The van der Waals surface area contributed by atoms with Crippen LogP contribution < -0.4 is 5.32 Å². The zero-order valence-corrected chi connectivity index (χ0v) is 11.6. The molecule has 0 bridgehead atoms. The molecule has 1 atom stereocenters. The molecule has 0 radical (unpaired) electrons. The molecule has 9 nitrogen and oxygen atoms in total. The highest BCUT2D eigenvalue weighted by molar-refractivity contribution is 7.99. The standard InChI is InChI=1S/C11H10N4O5S/c1-6(16)14-8(11(17)18)5-21-10-9(15(19)20)7(4-12)2-3-13-10/h2-3,8H,5H2,1H3,(H,14,16)(H,17,18). The van der Waals surface area contributed by atoms with Crippen LogP contribution in [-0.4, -0.2) is 38.7 Å². The number of carbonyl (C=O) groups excluding carboxylic acids is 1. The SMILES string of the molecule is CC(=O)NC(CSc1nccc(C#N)c1[N+](=O)[O-])C(=O)O. The maximum absolute atomic E-state index is 11.0. The molecular weight excluding hydrogens is 300 g/mol. The lowest BCUT2D eigenvalue weighted by atomic mass is 10.2. The first-order chi connectivity index (χ1) is 9.86. The molecule has 1 aromatic rings. The van der Waals surface area contributed by atoms with E-state index in [1.807, 2.05) is 0 Å². The highest BCUT2D eigenvalue weighted by atomic mass is 32.2. The number of carboxylic acids is 1. The number of thioether (sulfide) groups is 1. The third-order valence-corrected chi connectivity index (χ3v) is 3.33. The smallest absolute Gasteiger partial charge is 0.327 e. The number of amides is 1. The first kappa shape index (κ1) is 16.4. The minimum atomic E-state index is -1.27. The number of hydrogen-bond acceptors (Lipinski definition) is 7. The van der Waals surface area contributed by atoms with E-state index in [1.54, 1.807) is 6.07 Å². The van der Waals surface area contributed by atoms with Crippen molar-refractivity contribution in [2.24, 2.45) is 0 Å². The molecule has 0 spiro atoms. The van der Waals surface area contributed by atoms with Crippen LogP contribution in [0.5, 0.6) is 0 Å². The first-order valence-electron chi connectivity index (χ1n) is 5.53. The van der Waals surface area contributed by atoms with Gasteiger partial charge in [-0.25, -0.2) is 9.78 Å². The van der Waals surface area contributed by atoms with Crippen LogP contribution in [0.3, 0.4) is 0 Å². The van der Waals surface area contributed by atoms with Gasteiger partial charge >= 0.3 is 11.7 Å². The second kappa shape index (κ2) is 7.20. The lowest BCUT2D eigenvalue weighted by molar-refractivity contribution is -0.388. The van der Waals surface area contributed by atoms with Gasteiger partial charge in [0.1, 0.15) is 17.7 Å². The Morgan fingerprint density at radius 3 is 2.81 bits per heavy atom. The summed E-state index contributed by atoms with van der Waals surface area (Å²) in [6.07, 6.45) is 1.22. The second-order valence-corrected chi connectivity index (χ2v) is 4.79. The quantitative estimate of drug-likeness (QED) is 0.439. The summed E-state index contributed by atoms with van der Waals surface area (Å²) in [5, 5.41) is 30.9. The number of aromatic nitrogens is 1. The van der Waals surface area contributed by atoms with Crippen LogP contribution in [0, 0.1) is 21.4 Å². The summed E-state index contributed by atoms with van der Waals surface area (Å²) in [4.78, 5) is 35.9.